The Hall–Kier alpha value is -0.700. The summed E-state index contributed by atoms with van der Waals surface area (Å²) < 4.78 is 32.6. The molecule has 8 heteroatoms. The molecule has 0 spiro atoms. The molecule has 0 atom stereocenters. The van der Waals surface area contributed by atoms with E-state index in [2.05, 4.69) is 31.0 Å². The van der Waals surface area contributed by atoms with Crippen LogP contribution >= 0.6 is 15.9 Å². The summed E-state index contributed by atoms with van der Waals surface area (Å²) in [5, 5.41) is 2.78. The van der Waals surface area contributed by atoms with E-state index in [1.165, 1.54) is 6.07 Å². The molecular formula is C12H20BrN3O3S. The third-order valence-corrected chi connectivity index (χ3v) is 4.57. The van der Waals surface area contributed by atoms with Gasteiger partial charge in [0.05, 0.1) is 0 Å². The Morgan fingerprint density at radius 1 is 1.35 bits per heavy atom. The predicted molar refractivity (Wildman–Crippen MR) is 82.4 cm³/mol. The number of sulfonamides is 1. The van der Waals surface area contributed by atoms with Gasteiger partial charge in [-0.25, -0.2) is 18.1 Å². The maximum Gasteiger partial charge on any atom is 0.244 e. The monoisotopic (exact) mass is 365 g/mol. The van der Waals surface area contributed by atoms with E-state index in [1.54, 1.807) is 20.4 Å². The quantitative estimate of drug-likeness (QED) is 0.654. The van der Waals surface area contributed by atoms with Crippen molar-refractivity contribution in [1.29, 1.82) is 0 Å². The lowest BCUT2D eigenvalue weighted by Gasteiger charge is -2.10. The fourth-order valence-electron chi connectivity index (χ4n) is 1.65. The molecule has 0 fully saturated rings. The van der Waals surface area contributed by atoms with Crippen molar-refractivity contribution in [2.75, 3.05) is 32.6 Å². The average Bonchev–Trinajstić information content (AvgIpc) is 2.42. The smallest absolute Gasteiger partial charge is 0.244 e. The molecule has 114 valence electrons. The van der Waals surface area contributed by atoms with Crippen LogP contribution in [0, 0.1) is 0 Å². The van der Waals surface area contributed by atoms with Crippen LogP contribution in [-0.2, 0) is 14.8 Å². The van der Waals surface area contributed by atoms with Gasteiger partial charge in [-0.3, -0.25) is 0 Å². The Labute approximate surface area is 128 Å². The lowest BCUT2D eigenvalue weighted by atomic mass is 10.2. The van der Waals surface area contributed by atoms with Gasteiger partial charge in [0.2, 0.25) is 10.0 Å². The number of pyridine rings is 1. The number of hydrogen-bond acceptors (Lipinski definition) is 5. The van der Waals surface area contributed by atoms with Gasteiger partial charge in [0.1, 0.15) is 10.7 Å². The van der Waals surface area contributed by atoms with Crippen molar-refractivity contribution < 1.29 is 13.2 Å². The zero-order chi connectivity index (χ0) is 15.0. The van der Waals surface area contributed by atoms with Crippen molar-refractivity contribution in [1.82, 2.24) is 9.71 Å². The number of aromatic nitrogens is 1. The molecule has 20 heavy (non-hydrogen) atoms. The molecule has 0 amide bonds. The molecule has 0 unspecified atom stereocenters. The molecule has 0 aliphatic carbocycles. The third-order valence-electron chi connectivity index (χ3n) is 2.66. The lowest BCUT2D eigenvalue weighted by molar-refractivity contribution is 0.192. The zero-order valence-corrected chi connectivity index (χ0v) is 14.1. The maximum absolute atomic E-state index is 12.2. The van der Waals surface area contributed by atoms with Gasteiger partial charge < -0.3 is 10.1 Å². The standard InChI is InChI=1S/C12H20BrN3O3S/c1-14-12-11(8-10(13)9-15-12)20(17,18)16-6-4-3-5-7-19-2/h8-9,16H,3-7H2,1-2H3,(H,14,15). The molecule has 0 aliphatic rings. The van der Waals surface area contributed by atoms with E-state index in [9.17, 15) is 8.42 Å². The summed E-state index contributed by atoms with van der Waals surface area (Å²) in [7, 11) is -0.261. The van der Waals surface area contributed by atoms with Gasteiger partial charge in [0.15, 0.2) is 0 Å². The summed E-state index contributed by atoms with van der Waals surface area (Å²) in [6, 6.07) is 1.53. The topological polar surface area (TPSA) is 80.3 Å². The van der Waals surface area contributed by atoms with Gasteiger partial charge in [0, 0.05) is 38.0 Å². The molecule has 6 nitrogen and oxygen atoms in total. The van der Waals surface area contributed by atoms with Crippen LogP contribution in [0.3, 0.4) is 0 Å². The number of unbranched alkanes of at least 4 members (excludes halogenated alkanes) is 2. The first kappa shape index (κ1) is 17.4. The molecule has 2 N–H and O–H groups in total. The number of nitrogens with zero attached hydrogens (tertiary/aromatic N) is 1. The van der Waals surface area contributed by atoms with Crippen molar-refractivity contribution in [3.8, 4) is 0 Å². The zero-order valence-electron chi connectivity index (χ0n) is 11.6. The molecule has 1 rings (SSSR count). The summed E-state index contributed by atoms with van der Waals surface area (Å²) in [5.41, 5.74) is 0. The van der Waals surface area contributed by atoms with E-state index in [0.29, 0.717) is 23.4 Å². The molecule has 0 aromatic carbocycles. The van der Waals surface area contributed by atoms with Crippen molar-refractivity contribution in [3.05, 3.63) is 16.7 Å². The molecule has 0 saturated carbocycles. The Bertz CT molecular complexity index is 523. The fourth-order valence-corrected chi connectivity index (χ4v) is 3.39. The minimum absolute atomic E-state index is 0.145. The minimum Gasteiger partial charge on any atom is -0.385 e. The fraction of sp³-hybridized carbons (Fsp3) is 0.583. The van der Waals surface area contributed by atoms with E-state index >= 15 is 0 Å². The second kappa shape index (κ2) is 8.56. The van der Waals surface area contributed by atoms with Crippen LogP contribution in [0.4, 0.5) is 5.82 Å². The first-order chi connectivity index (χ1) is 9.51. The van der Waals surface area contributed by atoms with Gasteiger partial charge >= 0.3 is 0 Å². The van der Waals surface area contributed by atoms with E-state index in [-0.39, 0.29) is 4.90 Å². The third kappa shape index (κ3) is 5.35. The van der Waals surface area contributed by atoms with Gasteiger partial charge in [0.25, 0.3) is 0 Å². The van der Waals surface area contributed by atoms with Crippen LogP contribution in [0.1, 0.15) is 19.3 Å². The highest BCUT2D eigenvalue weighted by atomic mass is 79.9. The summed E-state index contributed by atoms with van der Waals surface area (Å²) >= 11 is 3.23. The average molecular weight is 366 g/mol. The second-order valence-corrected chi connectivity index (χ2v) is 6.85. The summed E-state index contributed by atoms with van der Waals surface area (Å²) in [6.07, 6.45) is 4.18. The molecule has 1 aromatic rings. The highest BCUT2D eigenvalue weighted by molar-refractivity contribution is 9.10. The number of hydrogen-bond donors (Lipinski definition) is 2. The molecule has 0 radical (unpaired) electrons. The number of anilines is 1. The SMILES string of the molecule is CNc1ncc(Br)cc1S(=O)(=O)NCCCCCOC. The molecule has 1 aromatic heterocycles. The number of halogens is 1. The van der Waals surface area contributed by atoms with E-state index < -0.39 is 10.0 Å². The Kier molecular flexibility index (Phi) is 7.42. The van der Waals surface area contributed by atoms with Crippen LogP contribution in [0.2, 0.25) is 0 Å². The molecule has 1 heterocycles. The number of nitrogens with one attached hydrogen (secondary N) is 2. The number of methoxy groups -OCH3 is 1. The van der Waals surface area contributed by atoms with Crippen LogP contribution < -0.4 is 10.0 Å². The molecule has 0 bridgehead atoms. The minimum atomic E-state index is -3.55. The number of ether oxygens (including phenoxy) is 1. The van der Waals surface area contributed by atoms with Crippen molar-refractivity contribution in [2.45, 2.75) is 24.2 Å². The van der Waals surface area contributed by atoms with Crippen LogP contribution in [0.15, 0.2) is 21.6 Å². The Morgan fingerprint density at radius 3 is 2.75 bits per heavy atom. The molecular weight excluding hydrogens is 346 g/mol. The Balaban J connectivity index is 2.62. The van der Waals surface area contributed by atoms with Crippen LogP contribution in [0.25, 0.3) is 0 Å². The van der Waals surface area contributed by atoms with Gasteiger partial charge in [-0.2, -0.15) is 0 Å². The van der Waals surface area contributed by atoms with Crippen LogP contribution in [0.5, 0.6) is 0 Å². The summed E-state index contributed by atoms with van der Waals surface area (Å²) in [5.74, 6) is 0.333. The highest BCUT2D eigenvalue weighted by Gasteiger charge is 2.19. The van der Waals surface area contributed by atoms with E-state index in [0.717, 1.165) is 19.3 Å². The number of rotatable bonds is 9. The summed E-state index contributed by atoms with van der Waals surface area (Å²) in [6.45, 7) is 1.11. The van der Waals surface area contributed by atoms with Gasteiger partial charge in [-0.05, 0) is 41.3 Å². The van der Waals surface area contributed by atoms with Gasteiger partial charge in [-0.15, -0.1) is 0 Å². The van der Waals surface area contributed by atoms with E-state index in [4.69, 9.17) is 4.74 Å². The van der Waals surface area contributed by atoms with Gasteiger partial charge in [-0.1, -0.05) is 0 Å². The predicted octanol–water partition coefficient (Wildman–Crippen LogP) is 1.98. The lowest BCUT2D eigenvalue weighted by Crippen LogP contribution is -2.26. The van der Waals surface area contributed by atoms with E-state index in [1.807, 2.05) is 0 Å². The molecule has 0 aliphatic heterocycles. The first-order valence-corrected chi connectivity index (χ1v) is 8.61. The second-order valence-electron chi connectivity index (χ2n) is 4.20. The first-order valence-electron chi connectivity index (χ1n) is 6.33. The maximum atomic E-state index is 12.2. The van der Waals surface area contributed by atoms with Crippen LogP contribution in [-0.4, -0.2) is 40.7 Å². The van der Waals surface area contributed by atoms with Crippen molar-refractivity contribution >= 4 is 31.8 Å². The Morgan fingerprint density at radius 2 is 2.10 bits per heavy atom. The van der Waals surface area contributed by atoms with Crippen molar-refractivity contribution in [2.24, 2.45) is 0 Å². The highest BCUT2D eigenvalue weighted by Crippen LogP contribution is 2.22. The normalized spacial score (nSPS) is 11.6. The molecule has 0 saturated heterocycles. The van der Waals surface area contributed by atoms with Crippen molar-refractivity contribution in [3.63, 3.8) is 0 Å². The summed E-state index contributed by atoms with van der Waals surface area (Å²) in [4.78, 5) is 4.18. The largest absolute Gasteiger partial charge is 0.385 e.